The van der Waals surface area contributed by atoms with Gasteiger partial charge in [0.05, 0.1) is 11.2 Å². The van der Waals surface area contributed by atoms with Crippen molar-refractivity contribution in [3.8, 4) is 0 Å². The van der Waals surface area contributed by atoms with E-state index in [2.05, 4.69) is 15.1 Å². The third-order valence-electron chi connectivity index (χ3n) is 1.73. The topological polar surface area (TPSA) is 61.3 Å². The monoisotopic (exact) mass is 195 g/mol. The van der Waals surface area contributed by atoms with Crippen LogP contribution in [-0.2, 0) is 0 Å². The number of aromatic amines is 1. The summed E-state index contributed by atoms with van der Waals surface area (Å²) in [6, 6.07) is 1.76. The molecule has 0 fully saturated rings. The van der Waals surface area contributed by atoms with Crippen LogP contribution in [0.15, 0.2) is 23.6 Å². The highest BCUT2D eigenvalue weighted by molar-refractivity contribution is 6.31. The normalized spacial score (nSPS) is 11.5. The molecule has 2 rings (SSSR count). The van der Waals surface area contributed by atoms with E-state index in [1.165, 1.54) is 6.21 Å². The van der Waals surface area contributed by atoms with Crippen LogP contribution in [0, 0.1) is 0 Å². The molecule has 0 radical (unpaired) electrons. The first kappa shape index (κ1) is 8.07. The fourth-order valence-corrected chi connectivity index (χ4v) is 1.33. The van der Waals surface area contributed by atoms with Crippen molar-refractivity contribution in [2.45, 2.75) is 0 Å². The lowest BCUT2D eigenvalue weighted by Gasteiger charge is -1.90. The number of rotatable bonds is 1. The molecule has 0 aliphatic rings. The number of halogens is 1. The van der Waals surface area contributed by atoms with Crippen LogP contribution in [0.5, 0.6) is 0 Å². The Morgan fingerprint density at radius 3 is 3.23 bits per heavy atom. The standard InChI is InChI=1S/C8H6ClN3O/c9-6-1-7-5(3-12-13)2-10-8(7)11-4-6/h1-4,13H,(H,10,11)/b12-3-. The summed E-state index contributed by atoms with van der Waals surface area (Å²) in [6.45, 7) is 0. The maximum absolute atomic E-state index is 8.37. The molecule has 0 amide bonds. The van der Waals surface area contributed by atoms with Crippen LogP contribution >= 0.6 is 11.6 Å². The lowest BCUT2D eigenvalue weighted by atomic mass is 10.2. The molecule has 66 valence electrons. The molecular formula is C8H6ClN3O. The number of hydrogen-bond donors (Lipinski definition) is 2. The fourth-order valence-electron chi connectivity index (χ4n) is 1.17. The van der Waals surface area contributed by atoms with Crippen molar-refractivity contribution >= 4 is 28.8 Å². The average molecular weight is 196 g/mol. The van der Waals surface area contributed by atoms with Gasteiger partial charge >= 0.3 is 0 Å². The number of nitrogens with one attached hydrogen (secondary N) is 1. The highest BCUT2D eigenvalue weighted by atomic mass is 35.5. The molecule has 0 saturated carbocycles. The average Bonchev–Trinajstić information content (AvgIpc) is 2.49. The van der Waals surface area contributed by atoms with Gasteiger partial charge in [-0.2, -0.15) is 0 Å². The van der Waals surface area contributed by atoms with Crippen LogP contribution < -0.4 is 0 Å². The van der Waals surface area contributed by atoms with E-state index in [-0.39, 0.29) is 0 Å². The Hall–Kier alpha value is -1.55. The van der Waals surface area contributed by atoms with Crippen molar-refractivity contribution in [1.29, 1.82) is 0 Å². The Balaban J connectivity index is 2.71. The molecular weight excluding hydrogens is 190 g/mol. The van der Waals surface area contributed by atoms with Gasteiger partial charge in [-0.25, -0.2) is 4.98 Å². The van der Waals surface area contributed by atoms with Crippen LogP contribution in [0.4, 0.5) is 0 Å². The van der Waals surface area contributed by atoms with Crippen molar-refractivity contribution in [2.24, 2.45) is 5.16 Å². The summed E-state index contributed by atoms with van der Waals surface area (Å²) in [7, 11) is 0. The van der Waals surface area contributed by atoms with E-state index in [9.17, 15) is 0 Å². The van der Waals surface area contributed by atoms with Gasteiger partial charge in [0.2, 0.25) is 0 Å². The number of fused-ring (bicyclic) bond motifs is 1. The second-order valence-electron chi connectivity index (χ2n) is 2.54. The number of hydrogen-bond acceptors (Lipinski definition) is 3. The molecule has 0 spiro atoms. The summed E-state index contributed by atoms with van der Waals surface area (Å²) in [4.78, 5) is 6.98. The Morgan fingerprint density at radius 2 is 2.46 bits per heavy atom. The predicted molar refractivity (Wildman–Crippen MR) is 50.5 cm³/mol. The summed E-state index contributed by atoms with van der Waals surface area (Å²) in [6.07, 6.45) is 4.59. The fraction of sp³-hybridized carbons (Fsp3) is 0. The third-order valence-corrected chi connectivity index (χ3v) is 1.93. The lowest BCUT2D eigenvalue weighted by Crippen LogP contribution is -1.78. The van der Waals surface area contributed by atoms with Gasteiger partial charge in [0.1, 0.15) is 5.65 Å². The molecule has 0 bridgehead atoms. The van der Waals surface area contributed by atoms with Gasteiger partial charge in [-0.1, -0.05) is 16.8 Å². The molecule has 2 heterocycles. The molecule has 0 aliphatic carbocycles. The molecule has 2 aromatic rings. The van der Waals surface area contributed by atoms with Gasteiger partial charge in [0.25, 0.3) is 0 Å². The molecule has 2 aromatic heterocycles. The van der Waals surface area contributed by atoms with Crippen molar-refractivity contribution < 1.29 is 5.21 Å². The third kappa shape index (κ3) is 1.36. The van der Waals surface area contributed by atoms with Gasteiger partial charge in [-0.3, -0.25) is 0 Å². The van der Waals surface area contributed by atoms with Gasteiger partial charge < -0.3 is 10.2 Å². The first-order valence-electron chi connectivity index (χ1n) is 3.61. The minimum atomic E-state index is 0.555. The highest BCUT2D eigenvalue weighted by Crippen LogP contribution is 2.18. The minimum absolute atomic E-state index is 0.555. The number of nitrogens with zero attached hydrogens (tertiary/aromatic N) is 2. The Morgan fingerprint density at radius 1 is 1.62 bits per heavy atom. The quantitative estimate of drug-likeness (QED) is 0.416. The van der Waals surface area contributed by atoms with E-state index < -0.39 is 0 Å². The zero-order chi connectivity index (χ0) is 9.26. The highest BCUT2D eigenvalue weighted by Gasteiger charge is 2.02. The number of H-pyrrole nitrogens is 1. The van der Waals surface area contributed by atoms with E-state index in [1.54, 1.807) is 18.5 Å². The summed E-state index contributed by atoms with van der Waals surface area (Å²) in [5.41, 5.74) is 1.48. The summed E-state index contributed by atoms with van der Waals surface area (Å²) in [5.74, 6) is 0. The molecule has 0 saturated heterocycles. The second-order valence-corrected chi connectivity index (χ2v) is 2.97. The van der Waals surface area contributed by atoms with E-state index in [0.29, 0.717) is 5.02 Å². The van der Waals surface area contributed by atoms with Crippen LogP contribution in [0.2, 0.25) is 5.02 Å². The first-order chi connectivity index (χ1) is 6.31. The van der Waals surface area contributed by atoms with E-state index >= 15 is 0 Å². The SMILES string of the molecule is O/N=C\c1c[nH]c2ncc(Cl)cc12. The van der Waals surface area contributed by atoms with Gasteiger partial charge in [0.15, 0.2) is 0 Å². The van der Waals surface area contributed by atoms with Gasteiger partial charge in [-0.05, 0) is 6.07 Å². The Bertz CT molecular complexity index is 463. The number of oxime groups is 1. The molecule has 0 aliphatic heterocycles. The molecule has 0 aromatic carbocycles. The molecule has 0 unspecified atom stereocenters. The zero-order valence-corrected chi connectivity index (χ0v) is 7.28. The maximum Gasteiger partial charge on any atom is 0.138 e. The smallest absolute Gasteiger partial charge is 0.138 e. The molecule has 4 nitrogen and oxygen atoms in total. The predicted octanol–water partition coefficient (Wildman–Crippen LogP) is 2.02. The van der Waals surface area contributed by atoms with Crippen LogP contribution in [-0.4, -0.2) is 21.4 Å². The Labute approximate surface area is 78.9 Å². The van der Waals surface area contributed by atoms with Crippen LogP contribution in [0.25, 0.3) is 11.0 Å². The van der Waals surface area contributed by atoms with Crippen LogP contribution in [0.3, 0.4) is 0 Å². The van der Waals surface area contributed by atoms with Crippen molar-refractivity contribution in [1.82, 2.24) is 9.97 Å². The van der Waals surface area contributed by atoms with E-state index in [0.717, 1.165) is 16.6 Å². The van der Waals surface area contributed by atoms with Gasteiger partial charge in [0, 0.05) is 23.3 Å². The molecule has 13 heavy (non-hydrogen) atoms. The maximum atomic E-state index is 8.37. The molecule has 5 heteroatoms. The Kier molecular flexibility index (Phi) is 1.90. The minimum Gasteiger partial charge on any atom is -0.411 e. The lowest BCUT2D eigenvalue weighted by molar-refractivity contribution is 0.322. The number of pyridine rings is 1. The van der Waals surface area contributed by atoms with Crippen molar-refractivity contribution in [3.05, 3.63) is 29.0 Å². The van der Waals surface area contributed by atoms with Crippen molar-refractivity contribution in [3.63, 3.8) is 0 Å². The number of aromatic nitrogens is 2. The molecule has 0 atom stereocenters. The van der Waals surface area contributed by atoms with Gasteiger partial charge in [-0.15, -0.1) is 0 Å². The summed E-state index contributed by atoms with van der Waals surface area (Å²) >= 11 is 5.76. The van der Waals surface area contributed by atoms with Crippen molar-refractivity contribution in [2.75, 3.05) is 0 Å². The second kappa shape index (κ2) is 3.06. The van der Waals surface area contributed by atoms with E-state index in [1.807, 2.05) is 0 Å². The first-order valence-corrected chi connectivity index (χ1v) is 3.99. The van der Waals surface area contributed by atoms with Crippen LogP contribution in [0.1, 0.15) is 5.56 Å². The largest absolute Gasteiger partial charge is 0.411 e. The molecule has 2 N–H and O–H groups in total. The zero-order valence-electron chi connectivity index (χ0n) is 6.53. The summed E-state index contributed by atoms with van der Waals surface area (Å²) < 4.78 is 0. The summed E-state index contributed by atoms with van der Waals surface area (Å²) in [5, 5.41) is 12.7. The van der Waals surface area contributed by atoms with E-state index in [4.69, 9.17) is 16.8 Å².